The first-order chi connectivity index (χ1) is 11.1. The van der Waals surface area contributed by atoms with Gasteiger partial charge < -0.3 is 5.32 Å². The van der Waals surface area contributed by atoms with Crippen LogP contribution in [0.25, 0.3) is 15.2 Å². The molecule has 0 fully saturated rings. The van der Waals surface area contributed by atoms with Crippen LogP contribution in [0.15, 0.2) is 29.4 Å². The Balaban J connectivity index is 1.81. The van der Waals surface area contributed by atoms with Gasteiger partial charge in [0, 0.05) is 6.54 Å². The monoisotopic (exact) mass is 349 g/mol. The lowest BCUT2D eigenvalue weighted by atomic mass is 10.3. The maximum atomic E-state index is 12.0. The van der Waals surface area contributed by atoms with E-state index < -0.39 is 11.3 Å². The number of carbonyl (C=O) groups excluding carboxylic acids is 2. The summed E-state index contributed by atoms with van der Waals surface area (Å²) >= 11 is 2.82. The molecule has 0 saturated heterocycles. The molecule has 0 aliphatic carbocycles. The van der Waals surface area contributed by atoms with Gasteiger partial charge in [-0.2, -0.15) is 0 Å². The molecule has 23 heavy (non-hydrogen) atoms. The number of carbonyl (C=O) groups is 2. The first-order valence-electron chi connectivity index (χ1n) is 7.08. The van der Waals surface area contributed by atoms with E-state index in [4.69, 9.17) is 0 Å². The van der Waals surface area contributed by atoms with E-state index >= 15 is 0 Å². The first kappa shape index (κ1) is 15.8. The van der Waals surface area contributed by atoms with Crippen molar-refractivity contribution in [2.24, 2.45) is 0 Å². The molecule has 2 heterocycles. The molecule has 3 aromatic rings. The van der Waals surface area contributed by atoms with Crippen LogP contribution in [-0.4, -0.2) is 38.3 Å². The third-order valence-corrected chi connectivity index (χ3v) is 5.19. The number of fused-ring (bicyclic) bond motifs is 3. The van der Waals surface area contributed by atoms with Gasteiger partial charge in [-0.15, -0.1) is 10.2 Å². The average Bonchev–Trinajstić information content (AvgIpc) is 3.07. The molecule has 9 heteroatoms. The number of nitrogens with zero attached hydrogens (tertiary/aromatic N) is 3. The number of aromatic nitrogens is 3. The Hall–Kier alpha value is -2.13. The van der Waals surface area contributed by atoms with Crippen LogP contribution in [0.4, 0.5) is 4.79 Å². The summed E-state index contributed by atoms with van der Waals surface area (Å²) in [6.45, 7) is 3.98. The number of thiazole rings is 1. The van der Waals surface area contributed by atoms with Gasteiger partial charge in [0.05, 0.1) is 15.5 Å². The third-order valence-electron chi connectivity index (χ3n) is 3.14. The van der Waals surface area contributed by atoms with E-state index in [1.807, 2.05) is 28.7 Å². The van der Waals surface area contributed by atoms with E-state index in [0.29, 0.717) is 11.7 Å². The summed E-state index contributed by atoms with van der Waals surface area (Å²) < 4.78 is 3.04. The average molecular weight is 349 g/mol. The quantitative estimate of drug-likeness (QED) is 0.706. The molecule has 0 bridgehead atoms. The van der Waals surface area contributed by atoms with Crippen LogP contribution in [0, 0.1) is 0 Å². The fourth-order valence-corrected chi connectivity index (χ4v) is 3.94. The molecule has 0 radical (unpaired) electrons. The minimum atomic E-state index is -0.489. The van der Waals surface area contributed by atoms with E-state index in [0.717, 1.165) is 15.2 Å². The second-order valence-corrected chi connectivity index (χ2v) is 7.10. The molecule has 2 N–H and O–H groups in total. The van der Waals surface area contributed by atoms with Crippen molar-refractivity contribution in [3.05, 3.63) is 24.3 Å². The van der Waals surface area contributed by atoms with Crippen molar-refractivity contribution in [1.29, 1.82) is 0 Å². The highest BCUT2D eigenvalue weighted by molar-refractivity contribution is 8.00. The van der Waals surface area contributed by atoms with Crippen LogP contribution in [-0.2, 0) is 4.79 Å². The Kier molecular flexibility index (Phi) is 4.49. The summed E-state index contributed by atoms with van der Waals surface area (Å²) in [7, 11) is 0. The van der Waals surface area contributed by atoms with Crippen LogP contribution in [0.3, 0.4) is 0 Å². The van der Waals surface area contributed by atoms with Gasteiger partial charge in [0.15, 0.2) is 5.16 Å². The van der Waals surface area contributed by atoms with Crippen molar-refractivity contribution in [3.8, 4) is 0 Å². The normalized spacial score (nSPS) is 12.4. The summed E-state index contributed by atoms with van der Waals surface area (Å²) in [5.74, 6) is -0.364. The number of benzene rings is 1. The molecule has 3 rings (SSSR count). The standard InChI is InChI=1S/C14H15N5O2S2/c1-3-15-12(21)16-11(20)8(2)22-13-17-18-14-19(13)9-6-4-5-7-10(9)23-14/h4-8H,3H2,1-2H3,(H2,15,16,20,21). The van der Waals surface area contributed by atoms with Crippen LogP contribution < -0.4 is 10.6 Å². The van der Waals surface area contributed by atoms with Gasteiger partial charge in [0.2, 0.25) is 10.9 Å². The lowest BCUT2D eigenvalue weighted by molar-refractivity contribution is -0.119. The Morgan fingerprint density at radius 3 is 2.91 bits per heavy atom. The van der Waals surface area contributed by atoms with Crippen LogP contribution >= 0.6 is 23.1 Å². The molecule has 0 aliphatic heterocycles. The minimum Gasteiger partial charge on any atom is -0.338 e. The second kappa shape index (κ2) is 6.55. The van der Waals surface area contributed by atoms with Crippen LogP contribution in [0.1, 0.15) is 13.8 Å². The number of amides is 3. The van der Waals surface area contributed by atoms with Crippen molar-refractivity contribution >= 4 is 50.2 Å². The highest BCUT2D eigenvalue weighted by atomic mass is 32.2. The van der Waals surface area contributed by atoms with E-state index in [9.17, 15) is 9.59 Å². The molecular weight excluding hydrogens is 334 g/mol. The molecule has 7 nitrogen and oxygen atoms in total. The predicted octanol–water partition coefficient (Wildman–Crippen LogP) is 2.27. The molecule has 1 atom stereocenters. The lowest BCUT2D eigenvalue weighted by Crippen LogP contribution is -2.42. The molecular formula is C14H15N5O2S2. The number of hydrogen-bond acceptors (Lipinski definition) is 6. The maximum absolute atomic E-state index is 12.0. The van der Waals surface area contributed by atoms with Gasteiger partial charge in [0.1, 0.15) is 0 Å². The van der Waals surface area contributed by atoms with E-state index in [1.54, 1.807) is 25.2 Å². The SMILES string of the molecule is CCNC(=O)NC(=O)C(C)Sc1nnc2sc3ccccc3n12. The molecule has 2 aromatic heterocycles. The van der Waals surface area contributed by atoms with Gasteiger partial charge in [-0.25, -0.2) is 4.79 Å². The molecule has 120 valence electrons. The van der Waals surface area contributed by atoms with Crippen molar-refractivity contribution in [2.75, 3.05) is 6.54 Å². The van der Waals surface area contributed by atoms with Gasteiger partial charge in [0.25, 0.3) is 0 Å². The van der Waals surface area contributed by atoms with E-state index in [-0.39, 0.29) is 5.91 Å². The van der Waals surface area contributed by atoms with Crippen molar-refractivity contribution in [1.82, 2.24) is 25.2 Å². The number of nitrogens with one attached hydrogen (secondary N) is 2. The van der Waals surface area contributed by atoms with Crippen molar-refractivity contribution in [2.45, 2.75) is 24.3 Å². The summed E-state index contributed by atoms with van der Waals surface area (Å²) in [6.07, 6.45) is 0. The maximum Gasteiger partial charge on any atom is 0.321 e. The van der Waals surface area contributed by atoms with Crippen LogP contribution in [0.5, 0.6) is 0 Å². The van der Waals surface area contributed by atoms with E-state index in [1.165, 1.54) is 11.8 Å². The summed E-state index contributed by atoms with van der Waals surface area (Å²) in [4.78, 5) is 24.2. The second-order valence-electron chi connectivity index (χ2n) is 4.78. The molecule has 0 spiro atoms. The molecule has 1 unspecified atom stereocenters. The summed E-state index contributed by atoms with van der Waals surface area (Å²) in [5, 5.41) is 13.3. The lowest BCUT2D eigenvalue weighted by Gasteiger charge is -2.10. The van der Waals surface area contributed by atoms with E-state index in [2.05, 4.69) is 20.8 Å². The Bertz CT molecular complexity index is 872. The van der Waals surface area contributed by atoms with Gasteiger partial charge in [-0.3, -0.25) is 14.5 Å². The largest absolute Gasteiger partial charge is 0.338 e. The molecule has 1 aromatic carbocycles. The Labute approximate surface area is 140 Å². The van der Waals surface area contributed by atoms with Gasteiger partial charge in [-0.05, 0) is 26.0 Å². The third kappa shape index (κ3) is 3.15. The summed E-state index contributed by atoms with van der Waals surface area (Å²) in [6, 6.07) is 7.45. The van der Waals surface area contributed by atoms with Crippen molar-refractivity contribution in [3.63, 3.8) is 0 Å². The van der Waals surface area contributed by atoms with Gasteiger partial charge in [-0.1, -0.05) is 35.2 Å². The fraction of sp³-hybridized carbons (Fsp3) is 0.286. The minimum absolute atomic E-state index is 0.364. The number of urea groups is 1. The number of hydrogen-bond donors (Lipinski definition) is 2. The number of imide groups is 1. The number of para-hydroxylation sites is 1. The fourth-order valence-electron chi connectivity index (χ4n) is 2.06. The topological polar surface area (TPSA) is 88.4 Å². The first-order valence-corrected chi connectivity index (χ1v) is 8.77. The smallest absolute Gasteiger partial charge is 0.321 e. The van der Waals surface area contributed by atoms with Crippen molar-refractivity contribution < 1.29 is 9.59 Å². The zero-order valence-electron chi connectivity index (χ0n) is 12.6. The number of rotatable bonds is 4. The predicted molar refractivity (Wildman–Crippen MR) is 90.9 cm³/mol. The van der Waals surface area contributed by atoms with Crippen LogP contribution in [0.2, 0.25) is 0 Å². The Morgan fingerprint density at radius 2 is 2.13 bits per heavy atom. The molecule has 0 aliphatic rings. The highest BCUT2D eigenvalue weighted by Gasteiger charge is 2.21. The molecule has 3 amide bonds. The zero-order valence-corrected chi connectivity index (χ0v) is 14.2. The Morgan fingerprint density at radius 1 is 1.35 bits per heavy atom. The zero-order chi connectivity index (χ0) is 16.4. The number of thioether (sulfide) groups is 1. The highest BCUT2D eigenvalue weighted by Crippen LogP contribution is 2.30. The summed E-state index contributed by atoms with van der Waals surface area (Å²) in [5.41, 5.74) is 1.01. The van der Waals surface area contributed by atoms with Gasteiger partial charge >= 0.3 is 6.03 Å². The molecule has 0 saturated carbocycles.